The fourth-order valence-electron chi connectivity index (χ4n) is 3.18. The number of morpholine rings is 1. The summed E-state index contributed by atoms with van der Waals surface area (Å²) in [5.74, 6) is -0.277. The van der Waals surface area contributed by atoms with Crippen molar-refractivity contribution in [3.63, 3.8) is 0 Å². The second kappa shape index (κ2) is 10.2. The van der Waals surface area contributed by atoms with Crippen LogP contribution in [0.3, 0.4) is 0 Å². The Morgan fingerprint density at radius 1 is 1.21 bits per heavy atom. The molecule has 0 saturated carbocycles. The summed E-state index contributed by atoms with van der Waals surface area (Å²) in [5, 5.41) is 8.34. The van der Waals surface area contributed by atoms with Crippen LogP contribution in [0.5, 0.6) is 0 Å². The van der Waals surface area contributed by atoms with Gasteiger partial charge in [-0.05, 0) is 23.8 Å². The summed E-state index contributed by atoms with van der Waals surface area (Å²) < 4.78 is 5.77. The smallest absolute Gasteiger partial charge is 0.319 e. The van der Waals surface area contributed by atoms with Gasteiger partial charge in [0.15, 0.2) is 0 Å². The first kappa shape index (κ1) is 21.1. The number of carbonyl (C=O) groups excluding carboxylic acids is 2. The predicted octanol–water partition coefficient (Wildman–Crippen LogP) is 2.72. The molecule has 1 aliphatic heterocycles. The third kappa shape index (κ3) is 6.19. The first-order chi connectivity index (χ1) is 14.0. The van der Waals surface area contributed by atoms with Gasteiger partial charge >= 0.3 is 6.03 Å². The first-order valence-electron chi connectivity index (χ1n) is 9.49. The van der Waals surface area contributed by atoms with Gasteiger partial charge in [0, 0.05) is 38.9 Å². The van der Waals surface area contributed by atoms with Gasteiger partial charge in [-0.1, -0.05) is 41.9 Å². The van der Waals surface area contributed by atoms with E-state index in [4.69, 9.17) is 16.3 Å². The van der Waals surface area contributed by atoms with Crippen molar-refractivity contribution < 1.29 is 14.3 Å². The molecular weight excluding hydrogens is 392 g/mol. The molecule has 7 nitrogen and oxygen atoms in total. The molecule has 1 heterocycles. The quantitative estimate of drug-likeness (QED) is 0.676. The summed E-state index contributed by atoms with van der Waals surface area (Å²) in [6.07, 6.45) is -0.0718. The molecule has 154 valence electrons. The molecule has 1 saturated heterocycles. The number of amides is 3. The van der Waals surface area contributed by atoms with Gasteiger partial charge in [0.05, 0.1) is 23.3 Å². The lowest BCUT2D eigenvalue weighted by atomic mass is 10.2. The maximum absolute atomic E-state index is 12.2. The maximum Gasteiger partial charge on any atom is 0.319 e. The van der Waals surface area contributed by atoms with E-state index in [2.05, 4.69) is 33.0 Å². The zero-order valence-electron chi connectivity index (χ0n) is 16.3. The van der Waals surface area contributed by atoms with Crippen LogP contribution in [-0.4, -0.2) is 56.2 Å². The van der Waals surface area contributed by atoms with Gasteiger partial charge in [0.2, 0.25) is 0 Å². The van der Waals surface area contributed by atoms with Crippen LogP contribution in [-0.2, 0) is 11.3 Å². The van der Waals surface area contributed by atoms with Crippen molar-refractivity contribution in [2.75, 3.05) is 38.6 Å². The Kier molecular flexibility index (Phi) is 7.46. The number of ether oxygens (including phenoxy) is 1. The van der Waals surface area contributed by atoms with Crippen molar-refractivity contribution in [2.24, 2.45) is 0 Å². The van der Waals surface area contributed by atoms with Gasteiger partial charge in [0.25, 0.3) is 5.91 Å². The number of nitrogens with one attached hydrogen (secondary N) is 3. The second-order valence-electron chi connectivity index (χ2n) is 6.82. The Morgan fingerprint density at radius 2 is 2.00 bits per heavy atom. The van der Waals surface area contributed by atoms with E-state index in [1.54, 1.807) is 18.2 Å². The molecule has 1 fully saturated rings. The van der Waals surface area contributed by atoms with Crippen LogP contribution in [0.4, 0.5) is 10.5 Å². The summed E-state index contributed by atoms with van der Waals surface area (Å²) in [6, 6.07) is 14.7. The third-order valence-electron chi connectivity index (χ3n) is 4.66. The van der Waals surface area contributed by atoms with Crippen LogP contribution in [0, 0.1) is 0 Å². The molecule has 8 heteroatoms. The van der Waals surface area contributed by atoms with Crippen LogP contribution in [0.15, 0.2) is 48.5 Å². The Labute approximate surface area is 175 Å². The molecule has 3 N–H and O–H groups in total. The fraction of sp³-hybridized carbons (Fsp3) is 0.333. The number of halogens is 1. The van der Waals surface area contributed by atoms with E-state index in [1.807, 2.05) is 18.2 Å². The molecular formula is C21H25ClN4O3. The van der Waals surface area contributed by atoms with E-state index in [9.17, 15) is 9.59 Å². The van der Waals surface area contributed by atoms with E-state index in [0.717, 1.165) is 19.6 Å². The van der Waals surface area contributed by atoms with Gasteiger partial charge in [-0.25, -0.2) is 4.79 Å². The zero-order chi connectivity index (χ0) is 20.6. The average Bonchev–Trinajstić information content (AvgIpc) is 2.73. The molecule has 0 spiro atoms. The summed E-state index contributed by atoms with van der Waals surface area (Å²) in [5.41, 5.74) is 2.13. The second-order valence-corrected chi connectivity index (χ2v) is 7.23. The molecule has 2 aromatic rings. The molecule has 29 heavy (non-hydrogen) atoms. The molecule has 1 unspecified atom stereocenters. The lowest BCUT2D eigenvalue weighted by Gasteiger charge is -2.33. The summed E-state index contributed by atoms with van der Waals surface area (Å²) in [7, 11) is 1.53. The number of carbonyl (C=O) groups is 2. The third-order valence-corrected chi connectivity index (χ3v) is 4.97. The summed E-state index contributed by atoms with van der Waals surface area (Å²) in [6.45, 7) is 3.53. The highest BCUT2D eigenvalue weighted by molar-refractivity contribution is 6.34. The Bertz CT molecular complexity index is 847. The minimum atomic E-state index is -0.349. The van der Waals surface area contributed by atoms with Crippen molar-refractivity contribution in [1.29, 1.82) is 0 Å². The van der Waals surface area contributed by atoms with E-state index in [1.165, 1.54) is 12.6 Å². The molecule has 0 aliphatic carbocycles. The van der Waals surface area contributed by atoms with Crippen LogP contribution in [0.1, 0.15) is 15.9 Å². The van der Waals surface area contributed by atoms with Crippen molar-refractivity contribution >= 4 is 29.2 Å². The number of urea groups is 1. The zero-order valence-corrected chi connectivity index (χ0v) is 17.0. The van der Waals surface area contributed by atoms with E-state index in [0.29, 0.717) is 24.4 Å². The van der Waals surface area contributed by atoms with E-state index < -0.39 is 0 Å². The van der Waals surface area contributed by atoms with Crippen molar-refractivity contribution in [3.05, 3.63) is 64.7 Å². The van der Waals surface area contributed by atoms with Crippen molar-refractivity contribution in [3.8, 4) is 0 Å². The predicted molar refractivity (Wildman–Crippen MR) is 113 cm³/mol. The Hall–Kier alpha value is -2.61. The van der Waals surface area contributed by atoms with Crippen molar-refractivity contribution in [2.45, 2.75) is 12.6 Å². The van der Waals surface area contributed by atoms with Crippen LogP contribution in [0.2, 0.25) is 5.02 Å². The number of rotatable bonds is 6. The topological polar surface area (TPSA) is 82.7 Å². The molecule has 0 bridgehead atoms. The van der Waals surface area contributed by atoms with Gasteiger partial charge in [0.1, 0.15) is 0 Å². The van der Waals surface area contributed by atoms with Crippen molar-refractivity contribution in [1.82, 2.24) is 15.5 Å². The number of nitrogens with zero attached hydrogens (tertiary/aromatic N) is 1. The molecule has 0 aromatic heterocycles. The largest absolute Gasteiger partial charge is 0.374 e. The maximum atomic E-state index is 12.2. The van der Waals surface area contributed by atoms with Gasteiger partial charge in [-0.3, -0.25) is 9.69 Å². The normalized spacial score (nSPS) is 16.8. The lowest BCUT2D eigenvalue weighted by Crippen LogP contribution is -2.47. The SMILES string of the molecule is CNC(=O)c1ccc(NC(=O)NCC2CN(Cc3ccccc3)CCO2)cc1Cl. The molecule has 1 atom stereocenters. The first-order valence-corrected chi connectivity index (χ1v) is 9.87. The van der Waals surface area contributed by atoms with Gasteiger partial charge in [-0.2, -0.15) is 0 Å². The highest BCUT2D eigenvalue weighted by Crippen LogP contribution is 2.21. The molecule has 3 rings (SSSR count). The molecule has 2 aromatic carbocycles. The van der Waals surface area contributed by atoms with Crippen LogP contribution < -0.4 is 16.0 Å². The number of hydrogen-bond donors (Lipinski definition) is 3. The van der Waals surface area contributed by atoms with Gasteiger partial charge in [-0.15, -0.1) is 0 Å². The summed E-state index contributed by atoms with van der Waals surface area (Å²) in [4.78, 5) is 26.2. The minimum absolute atomic E-state index is 0.0718. The van der Waals surface area contributed by atoms with Crippen LogP contribution in [0.25, 0.3) is 0 Å². The van der Waals surface area contributed by atoms with E-state index >= 15 is 0 Å². The highest BCUT2D eigenvalue weighted by Gasteiger charge is 2.21. The summed E-state index contributed by atoms with van der Waals surface area (Å²) >= 11 is 6.11. The van der Waals surface area contributed by atoms with E-state index in [-0.39, 0.29) is 23.1 Å². The molecule has 0 radical (unpaired) electrons. The number of hydrogen-bond acceptors (Lipinski definition) is 4. The Balaban J connectivity index is 1.46. The molecule has 3 amide bonds. The molecule has 1 aliphatic rings. The number of benzene rings is 2. The standard InChI is InChI=1S/C21H25ClN4O3/c1-23-20(27)18-8-7-16(11-19(18)22)25-21(28)24-12-17-14-26(9-10-29-17)13-15-5-3-2-4-6-15/h2-8,11,17H,9-10,12-14H2,1H3,(H,23,27)(H2,24,25,28). The number of anilines is 1. The monoisotopic (exact) mass is 416 g/mol. The fourth-order valence-corrected chi connectivity index (χ4v) is 3.45. The highest BCUT2D eigenvalue weighted by atomic mass is 35.5. The van der Waals surface area contributed by atoms with Crippen LogP contribution >= 0.6 is 11.6 Å². The lowest BCUT2D eigenvalue weighted by molar-refractivity contribution is -0.0285. The minimum Gasteiger partial charge on any atom is -0.374 e. The average molecular weight is 417 g/mol. The Morgan fingerprint density at radius 3 is 2.72 bits per heavy atom. The van der Waals surface area contributed by atoms with Gasteiger partial charge < -0.3 is 20.7 Å².